The normalized spacial score (nSPS) is 14.4. The molecule has 8 rings (SSSR count). The lowest BCUT2D eigenvalue weighted by atomic mass is 9.85. The first-order valence-electron chi connectivity index (χ1n) is 36.7. The number of amides is 8. The fourth-order valence-electron chi connectivity index (χ4n) is 12.8. The van der Waals surface area contributed by atoms with Crippen molar-refractivity contribution >= 4 is 145 Å². The summed E-state index contributed by atoms with van der Waals surface area (Å²) in [5.41, 5.74) is 8.83. The number of rotatable bonds is 49. The third kappa shape index (κ3) is 26.9. The van der Waals surface area contributed by atoms with E-state index in [1.165, 1.54) is 34.9 Å². The lowest BCUT2D eigenvalue weighted by Gasteiger charge is -2.25. The van der Waals surface area contributed by atoms with E-state index in [-0.39, 0.29) is 172 Å². The Morgan fingerprint density at radius 2 is 1.13 bits per heavy atom. The van der Waals surface area contributed by atoms with Crippen molar-refractivity contribution < 1.29 is 105 Å². The molecule has 0 bridgehead atoms. The van der Waals surface area contributed by atoms with Crippen LogP contribution in [0.3, 0.4) is 0 Å². The Morgan fingerprint density at radius 1 is 0.625 bits per heavy atom. The molecule has 7 N–H and O–H groups in total. The summed E-state index contributed by atoms with van der Waals surface area (Å²) in [5, 5.41) is 10.6. The Kier molecular flexibility index (Phi) is 36.7. The molecule has 0 saturated heterocycles. The van der Waals surface area contributed by atoms with E-state index in [9.17, 15) is 57.5 Å². The molecule has 610 valence electrons. The van der Waals surface area contributed by atoms with Gasteiger partial charge in [-0.25, -0.2) is 18.9 Å². The van der Waals surface area contributed by atoms with E-state index in [1.807, 2.05) is 12.1 Å². The van der Waals surface area contributed by atoms with Crippen LogP contribution in [0.2, 0.25) is 0 Å². The maximum Gasteiger partial charge on any atom is 0.524 e. The van der Waals surface area contributed by atoms with E-state index in [0.717, 1.165) is 22.5 Å². The number of carbonyl (C=O) groups is 9. The number of carbonyl (C=O) groups excluding carboxylic acids is 9. The molecule has 35 heteroatoms. The maximum atomic E-state index is 14.8. The van der Waals surface area contributed by atoms with Crippen LogP contribution in [-0.4, -0.2) is 242 Å². The number of benzene rings is 5. The van der Waals surface area contributed by atoms with Gasteiger partial charge in [0.2, 0.25) is 11.8 Å². The lowest BCUT2D eigenvalue weighted by molar-refractivity contribution is -0.132. The van der Waals surface area contributed by atoms with Gasteiger partial charge in [0.1, 0.15) is 23.9 Å². The van der Waals surface area contributed by atoms with E-state index in [0.29, 0.717) is 116 Å². The van der Waals surface area contributed by atoms with Crippen molar-refractivity contribution in [1.29, 1.82) is 0 Å². The molecule has 5 aromatic carbocycles. The second kappa shape index (κ2) is 45.8. The third-order valence-corrected chi connectivity index (χ3v) is 21.2. The zero-order chi connectivity index (χ0) is 80.7. The molecular formula is C77H98BrCl2N8O22PS. The first-order valence-corrected chi connectivity index (χ1v) is 41.3. The molecule has 0 radical (unpaired) electrons. The van der Waals surface area contributed by atoms with Crippen LogP contribution in [0.5, 0.6) is 11.5 Å². The minimum Gasteiger partial charge on any atom is -0.445 e. The minimum atomic E-state index is -5.02. The Balaban J connectivity index is 0.788. The fourth-order valence-corrected chi connectivity index (χ4v) is 14.8. The molecule has 2 aliphatic heterocycles. The fraction of sp³-hybridized carbons (Fsp3) is 0.494. The molecule has 3 heterocycles. The van der Waals surface area contributed by atoms with Crippen LogP contribution in [0.1, 0.15) is 93.0 Å². The van der Waals surface area contributed by atoms with Crippen molar-refractivity contribution in [2.45, 2.75) is 70.4 Å². The van der Waals surface area contributed by atoms with Crippen molar-refractivity contribution in [3.05, 3.63) is 129 Å². The predicted octanol–water partition coefficient (Wildman–Crippen LogP) is 9.48. The summed E-state index contributed by atoms with van der Waals surface area (Å²) >= 11 is 17.2. The number of anilines is 2. The average molecular weight is 1700 g/mol. The number of halogens is 3. The summed E-state index contributed by atoms with van der Waals surface area (Å²) in [6.45, 7) is 8.66. The molecule has 6 aromatic rings. The van der Waals surface area contributed by atoms with Crippen LogP contribution in [-0.2, 0) is 74.7 Å². The van der Waals surface area contributed by atoms with Crippen molar-refractivity contribution in [3.8, 4) is 11.5 Å². The van der Waals surface area contributed by atoms with Gasteiger partial charge < -0.3 is 88.4 Å². The molecular weight excluding hydrogens is 1600 g/mol. The number of alkyl halides is 3. The van der Waals surface area contributed by atoms with Crippen LogP contribution in [0.25, 0.3) is 21.5 Å². The molecule has 4 atom stereocenters. The van der Waals surface area contributed by atoms with E-state index in [2.05, 4.69) is 31.9 Å². The Hall–Kier alpha value is -7.92. The number of Topliss-reactive ketones (excluding diaryl/α,β-unsaturated/α-hetero) is 2. The number of phosphoric ester groups is 1. The van der Waals surface area contributed by atoms with Crippen molar-refractivity contribution in [2.24, 2.45) is 17.6 Å². The summed E-state index contributed by atoms with van der Waals surface area (Å²) in [4.78, 5) is 147. The number of nitrogens with one attached hydrogen (secondary N) is 3. The van der Waals surface area contributed by atoms with Crippen LogP contribution in [0, 0.1) is 11.8 Å². The van der Waals surface area contributed by atoms with Gasteiger partial charge in [-0.05, 0) is 63.9 Å². The summed E-state index contributed by atoms with van der Waals surface area (Å²) in [6, 6.07) is 25.6. The van der Waals surface area contributed by atoms with Gasteiger partial charge in [-0.3, -0.25) is 38.6 Å². The topological polar surface area (TPSA) is 379 Å². The van der Waals surface area contributed by atoms with Crippen molar-refractivity contribution in [1.82, 2.24) is 25.8 Å². The lowest BCUT2D eigenvalue weighted by Crippen LogP contribution is -2.45. The molecule has 0 unspecified atom stereocenters. The highest BCUT2D eigenvalue weighted by Gasteiger charge is 2.40. The highest BCUT2D eigenvalue weighted by molar-refractivity contribution is 9.09. The number of nitrogens with two attached hydrogens (primary N) is 1. The van der Waals surface area contributed by atoms with Gasteiger partial charge >= 0.3 is 26.0 Å². The van der Waals surface area contributed by atoms with Gasteiger partial charge in [0, 0.05) is 132 Å². The summed E-state index contributed by atoms with van der Waals surface area (Å²) in [7, 11) is -2.02. The highest BCUT2D eigenvalue weighted by atomic mass is 79.9. The Labute approximate surface area is 672 Å². The van der Waals surface area contributed by atoms with Gasteiger partial charge in [0.05, 0.1) is 118 Å². The quantitative estimate of drug-likeness (QED) is 0.0118. The molecule has 0 saturated carbocycles. The number of primary amides is 1. The van der Waals surface area contributed by atoms with Crippen molar-refractivity contribution in [2.75, 3.05) is 173 Å². The average Bonchev–Trinajstić information content (AvgIpc) is 1.58. The van der Waals surface area contributed by atoms with E-state index >= 15 is 0 Å². The number of nitrogens with zero attached hydrogens (tertiary/aromatic N) is 4. The number of ether oxygens (including phenoxy) is 9. The number of hydrogen-bond donors (Lipinski definition) is 6. The minimum absolute atomic E-state index is 0.00677. The van der Waals surface area contributed by atoms with Crippen molar-refractivity contribution in [3.63, 3.8) is 0 Å². The third-order valence-electron chi connectivity index (χ3n) is 18.5. The number of phosphoric acid groups is 1. The van der Waals surface area contributed by atoms with E-state index in [4.69, 9.17) is 76.1 Å². The Morgan fingerprint density at radius 3 is 1.64 bits per heavy atom. The second-order valence-corrected chi connectivity index (χ2v) is 30.2. The van der Waals surface area contributed by atoms with Gasteiger partial charge in [-0.2, -0.15) is 0 Å². The van der Waals surface area contributed by atoms with Crippen LogP contribution < -0.4 is 40.7 Å². The Bertz CT molecular complexity index is 4220. The number of ketones is 2. The van der Waals surface area contributed by atoms with Gasteiger partial charge in [-0.15, -0.1) is 34.5 Å². The number of likely N-dealkylation sites (N-methyl/N-ethyl adjacent to an activating group) is 1. The van der Waals surface area contributed by atoms with Crippen LogP contribution >= 0.6 is 58.3 Å². The second-order valence-electron chi connectivity index (χ2n) is 26.8. The molecule has 2 aliphatic rings. The van der Waals surface area contributed by atoms with Crippen LogP contribution in [0.4, 0.5) is 25.8 Å². The monoisotopic (exact) mass is 1700 g/mol. The molecule has 0 spiro atoms. The molecule has 112 heavy (non-hydrogen) atoms. The number of urea groups is 1. The first-order chi connectivity index (χ1) is 53.9. The van der Waals surface area contributed by atoms with Gasteiger partial charge in [0.15, 0.2) is 5.78 Å². The maximum absolute atomic E-state index is 14.8. The molecule has 1 aromatic heterocycles. The molecule has 0 fully saturated rings. The zero-order valence-corrected chi connectivity index (χ0v) is 67.9. The smallest absolute Gasteiger partial charge is 0.445 e. The summed E-state index contributed by atoms with van der Waals surface area (Å²) in [5.74, 6) is -3.39. The SMILES string of the molecule is COCCN(CCN(C)C(=O)OCc1ccc(CC(=O)[C@H](CCCNC(N)=O)CC(=O)[C@@H](NC(=O)CCOCCOCCOCCOCCOCCOCCNC(=O)CBr)C(C)C)cc1)C(=O)Oc1cc2c(c3ccccc13)[C@H](CCl)CN2C(=O)c1ccc(C(=O)N2C[C@@H](CCl)c3c2cc(OP(=O)(O)O)c2ccccc32)s1. The van der Waals surface area contributed by atoms with Gasteiger partial charge in [0.25, 0.3) is 11.8 Å². The zero-order valence-electron chi connectivity index (χ0n) is 63.0. The highest BCUT2D eigenvalue weighted by Crippen LogP contribution is 2.50. The first kappa shape index (κ1) is 89.6. The van der Waals surface area contributed by atoms with Crippen LogP contribution in [0.15, 0.2) is 97.1 Å². The van der Waals surface area contributed by atoms with E-state index < -0.39 is 55.7 Å². The summed E-state index contributed by atoms with van der Waals surface area (Å²) in [6.07, 6.45) is -1.08. The molecule has 30 nitrogen and oxygen atoms in total. The van der Waals surface area contributed by atoms with Gasteiger partial charge in [-0.1, -0.05) is 103 Å². The standard InChI is InChI=1S/C77H98BrCl2N8O22PS/c1-50(2)72(84-68(91)21-27-102-30-32-104-34-36-106-38-39-107-37-35-105-33-31-103-28-23-82-69(92)44-78)63(90)41-53(10-9-22-83-75(81)95)62(89)40-51-15-17-52(18-16-51)49-108-76(96)85(3)24-25-86(26-29-101-4)77(97)109-64-42-60-70(58-13-7-5-11-56(58)64)54(45-79)47-87(60)73(93)66-19-20-67(112-66)74(94)88-48-55(46-80)71-59-14-8-6-12-57(59)65(43-61(71)88)110-111(98,99)100/h5-8,11-20,42-43,50,53-55,72H,9-10,21-41,44-49H2,1-4H3,(H,82,92)(H,84,91)(H3,81,83,95)(H2,98,99,100)/t53-,54-,55-,72+/m1/s1. The largest absolute Gasteiger partial charge is 0.524 e. The number of methoxy groups -OCH3 is 1. The number of hydrogen-bond acceptors (Lipinski definition) is 21. The summed E-state index contributed by atoms with van der Waals surface area (Å²) < 4.78 is 67.5. The number of thiophene rings is 1. The predicted molar refractivity (Wildman–Crippen MR) is 426 cm³/mol. The molecule has 8 amide bonds. The molecule has 0 aliphatic carbocycles. The van der Waals surface area contributed by atoms with E-state index in [1.54, 1.807) is 97.6 Å². The number of fused-ring (bicyclic) bond motifs is 6.